The van der Waals surface area contributed by atoms with Crippen LogP contribution >= 0.6 is 15.9 Å². The van der Waals surface area contributed by atoms with Crippen LogP contribution in [0.3, 0.4) is 0 Å². The lowest BCUT2D eigenvalue weighted by molar-refractivity contribution is -0.149. The molecule has 1 aliphatic heterocycles. The third kappa shape index (κ3) is 3.70. The summed E-state index contributed by atoms with van der Waals surface area (Å²) >= 11 is 3.10. The van der Waals surface area contributed by atoms with Crippen LogP contribution in [0.25, 0.3) is 0 Å². The number of halogens is 2. The van der Waals surface area contributed by atoms with Gasteiger partial charge in [-0.2, -0.15) is 0 Å². The summed E-state index contributed by atoms with van der Waals surface area (Å²) in [6, 6.07) is 2.69. The molecule has 1 amide bonds. The van der Waals surface area contributed by atoms with Crippen molar-refractivity contribution in [1.82, 2.24) is 4.90 Å². The molecule has 0 spiro atoms. The lowest BCUT2D eigenvalue weighted by atomic mass is 10.2. The first kappa shape index (κ1) is 15.7. The maximum atomic E-state index is 12.9. The number of carbonyl (C=O) groups excluding carboxylic acids is 1. The van der Waals surface area contributed by atoms with E-state index in [0.29, 0.717) is 4.47 Å². The molecule has 2 atom stereocenters. The van der Waals surface area contributed by atoms with Gasteiger partial charge in [-0.25, -0.2) is 9.18 Å². The zero-order valence-electron chi connectivity index (χ0n) is 10.8. The quantitative estimate of drug-likeness (QED) is 0.835. The summed E-state index contributed by atoms with van der Waals surface area (Å²) in [5.41, 5.74) is 0. The minimum Gasteiger partial charge on any atom is -0.483 e. The fraction of sp³-hybridized carbons (Fsp3) is 0.385. The molecule has 0 unspecified atom stereocenters. The Morgan fingerprint density at radius 3 is 2.81 bits per heavy atom. The van der Waals surface area contributed by atoms with E-state index in [1.54, 1.807) is 0 Å². The number of carbonyl (C=O) groups is 2. The van der Waals surface area contributed by atoms with Crippen molar-refractivity contribution < 1.29 is 28.9 Å². The lowest BCUT2D eigenvalue weighted by Crippen LogP contribution is -2.42. The number of nitrogens with zero attached hydrogens (tertiary/aromatic N) is 1. The first-order valence-electron chi connectivity index (χ1n) is 6.16. The summed E-state index contributed by atoms with van der Waals surface area (Å²) in [7, 11) is 0. The van der Waals surface area contributed by atoms with Crippen molar-refractivity contribution in [2.45, 2.75) is 18.6 Å². The number of ether oxygens (including phenoxy) is 1. The van der Waals surface area contributed by atoms with Crippen molar-refractivity contribution in [3.05, 3.63) is 28.5 Å². The summed E-state index contributed by atoms with van der Waals surface area (Å²) in [5.74, 6) is -1.89. The number of hydrogen-bond donors (Lipinski definition) is 2. The molecule has 0 aliphatic carbocycles. The van der Waals surface area contributed by atoms with E-state index in [2.05, 4.69) is 15.9 Å². The Morgan fingerprint density at radius 1 is 1.48 bits per heavy atom. The van der Waals surface area contributed by atoms with E-state index in [-0.39, 0.29) is 25.3 Å². The van der Waals surface area contributed by atoms with Gasteiger partial charge in [-0.15, -0.1) is 0 Å². The van der Waals surface area contributed by atoms with Crippen molar-refractivity contribution in [2.24, 2.45) is 0 Å². The maximum absolute atomic E-state index is 12.9. The highest BCUT2D eigenvalue weighted by atomic mass is 79.9. The van der Waals surface area contributed by atoms with E-state index < -0.39 is 29.8 Å². The number of carboxylic acid groups (broad SMARTS) is 1. The number of rotatable bonds is 4. The van der Waals surface area contributed by atoms with Crippen LogP contribution < -0.4 is 4.74 Å². The normalized spacial score (nSPS) is 21.4. The fourth-order valence-corrected chi connectivity index (χ4v) is 2.60. The molecule has 0 saturated carbocycles. The number of likely N-dealkylation sites (tertiary alicyclic amines) is 1. The molecule has 0 aromatic heterocycles. The minimum atomic E-state index is -1.16. The van der Waals surface area contributed by atoms with Gasteiger partial charge in [-0.1, -0.05) is 0 Å². The van der Waals surface area contributed by atoms with Gasteiger partial charge >= 0.3 is 5.97 Å². The largest absolute Gasteiger partial charge is 0.483 e. The molecule has 21 heavy (non-hydrogen) atoms. The van der Waals surface area contributed by atoms with Gasteiger partial charge in [0.25, 0.3) is 5.91 Å². The zero-order valence-corrected chi connectivity index (χ0v) is 12.4. The zero-order chi connectivity index (χ0) is 15.6. The van der Waals surface area contributed by atoms with E-state index in [4.69, 9.17) is 9.84 Å². The molecule has 1 aromatic carbocycles. The van der Waals surface area contributed by atoms with E-state index >= 15 is 0 Å². The molecule has 0 radical (unpaired) electrons. The molecule has 8 heteroatoms. The third-order valence-electron chi connectivity index (χ3n) is 3.13. The van der Waals surface area contributed by atoms with Gasteiger partial charge in [0.05, 0.1) is 10.6 Å². The highest BCUT2D eigenvalue weighted by Gasteiger charge is 2.38. The standard InChI is InChI=1S/C13H13BrFNO5/c14-9-3-7(15)1-2-11(9)21-6-12(18)16-5-8(17)4-10(16)13(19)20/h1-3,8,10,17H,4-6H2,(H,19,20)/t8-,10-/m1/s1. The first-order valence-corrected chi connectivity index (χ1v) is 6.96. The van der Waals surface area contributed by atoms with Crippen LogP contribution in [0.4, 0.5) is 4.39 Å². The second-order valence-corrected chi connectivity index (χ2v) is 5.51. The smallest absolute Gasteiger partial charge is 0.326 e. The van der Waals surface area contributed by atoms with Crippen molar-refractivity contribution >= 4 is 27.8 Å². The second kappa shape index (κ2) is 6.40. The van der Waals surface area contributed by atoms with E-state index in [1.165, 1.54) is 18.2 Å². The molecule has 2 N–H and O–H groups in total. The number of benzene rings is 1. The fourth-order valence-electron chi connectivity index (χ4n) is 2.14. The number of aliphatic hydroxyl groups is 1. The molecule has 2 rings (SSSR count). The summed E-state index contributed by atoms with van der Waals surface area (Å²) in [6.45, 7) is -0.426. The molecule has 114 valence electrons. The van der Waals surface area contributed by atoms with Crippen LogP contribution in [0.15, 0.2) is 22.7 Å². The van der Waals surface area contributed by atoms with Gasteiger partial charge in [0.15, 0.2) is 6.61 Å². The monoisotopic (exact) mass is 361 g/mol. The van der Waals surface area contributed by atoms with Gasteiger partial charge in [-0.3, -0.25) is 4.79 Å². The summed E-state index contributed by atoms with van der Waals surface area (Å²) in [5, 5.41) is 18.5. The first-order chi connectivity index (χ1) is 9.88. The average Bonchev–Trinajstić information content (AvgIpc) is 2.80. The summed E-state index contributed by atoms with van der Waals surface area (Å²) in [4.78, 5) is 24.1. The van der Waals surface area contributed by atoms with E-state index in [0.717, 1.165) is 4.90 Å². The number of aliphatic carboxylic acids is 1. The Bertz CT molecular complexity index is 567. The van der Waals surface area contributed by atoms with Crippen molar-refractivity contribution in [2.75, 3.05) is 13.2 Å². The molecule has 6 nitrogen and oxygen atoms in total. The van der Waals surface area contributed by atoms with Crippen LogP contribution in [0.1, 0.15) is 6.42 Å². The Kier molecular flexibility index (Phi) is 4.79. The van der Waals surface area contributed by atoms with Gasteiger partial charge in [0, 0.05) is 13.0 Å². The van der Waals surface area contributed by atoms with Gasteiger partial charge < -0.3 is 19.8 Å². The molecular formula is C13H13BrFNO5. The molecular weight excluding hydrogens is 349 g/mol. The predicted molar refractivity (Wildman–Crippen MR) is 73.4 cm³/mol. The lowest BCUT2D eigenvalue weighted by Gasteiger charge is -2.21. The van der Waals surface area contributed by atoms with Crippen LogP contribution in [0, 0.1) is 5.82 Å². The molecule has 1 fully saturated rings. The number of aliphatic hydroxyl groups excluding tert-OH is 1. The third-order valence-corrected chi connectivity index (χ3v) is 3.75. The topological polar surface area (TPSA) is 87.1 Å². The Labute approximate surface area is 128 Å². The van der Waals surface area contributed by atoms with E-state index in [1.807, 2.05) is 0 Å². The molecule has 0 bridgehead atoms. The highest BCUT2D eigenvalue weighted by molar-refractivity contribution is 9.10. The minimum absolute atomic E-state index is 0.00131. The van der Waals surface area contributed by atoms with Gasteiger partial charge in [0.1, 0.15) is 17.6 Å². The Hall–Kier alpha value is -1.67. The highest BCUT2D eigenvalue weighted by Crippen LogP contribution is 2.26. The number of hydrogen-bond acceptors (Lipinski definition) is 4. The average molecular weight is 362 g/mol. The van der Waals surface area contributed by atoms with Crippen LogP contribution in [-0.4, -0.2) is 52.3 Å². The summed E-state index contributed by atoms with van der Waals surface area (Å²) in [6.07, 6.45) is -0.853. The van der Waals surface area contributed by atoms with Gasteiger partial charge in [-0.05, 0) is 34.1 Å². The number of amides is 1. The summed E-state index contributed by atoms with van der Waals surface area (Å²) < 4.78 is 18.5. The Morgan fingerprint density at radius 2 is 2.19 bits per heavy atom. The molecule has 1 aliphatic rings. The SMILES string of the molecule is O=C(O)[C@H]1C[C@@H](O)CN1C(=O)COc1ccc(F)cc1Br. The number of carboxylic acids is 1. The maximum Gasteiger partial charge on any atom is 0.326 e. The van der Waals surface area contributed by atoms with E-state index in [9.17, 15) is 19.1 Å². The predicted octanol–water partition coefficient (Wildman–Crippen LogP) is 1.01. The van der Waals surface area contributed by atoms with Crippen molar-refractivity contribution in [3.63, 3.8) is 0 Å². The van der Waals surface area contributed by atoms with Crippen LogP contribution in [0.5, 0.6) is 5.75 Å². The van der Waals surface area contributed by atoms with Crippen molar-refractivity contribution in [1.29, 1.82) is 0 Å². The van der Waals surface area contributed by atoms with Gasteiger partial charge in [0.2, 0.25) is 0 Å². The van der Waals surface area contributed by atoms with Crippen LogP contribution in [-0.2, 0) is 9.59 Å². The molecule has 1 aromatic rings. The molecule has 1 saturated heterocycles. The van der Waals surface area contributed by atoms with Crippen molar-refractivity contribution in [3.8, 4) is 5.75 Å². The number of β-amino-alcohol motifs (C(OH)–C–C–N with tert-alkyl or cyclic N) is 1. The van der Waals surface area contributed by atoms with Crippen LogP contribution in [0.2, 0.25) is 0 Å². The Balaban J connectivity index is 1.99. The second-order valence-electron chi connectivity index (χ2n) is 4.65. The molecule has 1 heterocycles.